The minimum absolute atomic E-state index is 0.827. The highest BCUT2D eigenvalue weighted by Gasteiger charge is 2.53. The van der Waals surface area contributed by atoms with Gasteiger partial charge in [-0.05, 0) is 0 Å². The Hall–Kier alpha value is -0.310. The van der Waals surface area contributed by atoms with Gasteiger partial charge in [-0.1, -0.05) is 0 Å². The molecule has 0 aromatic carbocycles. The number of hydrogen-bond donors (Lipinski definition) is 1. The Morgan fingerprint density at radius 1 is 1.33 bits per heavy atom. The lowest BCUT2D eigenvalue weighted by atomic mass is 10.6. The van der Waals surface area contributed by atoms with Crippen molar-refractivity contribution >= 4 is 10.1 Å². The molecule has 1 N–H and O–H groups in total. The van der Waals surface area contributed by atoms with E-state index < -0.39 is 21.7 Å². The van der Waals surface area contributed by atoms with E-state index in [1.54, 1.807) is 0 Å². The molecule has 0 saturated heterocycles. The summed E-state index contributed by atoms with van der Waals surface area (Å²) in [6.07, 6.45) is -2.31. The summed E-state index contributed by atoms with van der Waals surface area (Å²) in [4.78, 5) is 0. The maximum atomic E-state index is 12.5. The van der Waals surface area contributed by atoms with Crippen LogP contribution in [0.4, 0.5) is 8.78 Å². The number of methoxy groups -OCH3 is 2. The minimum atomic E-state index is -5.51. The van der Waals surface area contributed by atoms with Crippen LogP contribution < -0.4 is 0 Å². The molecular formula is C4H8F2O5S. The van der Waals surface area contributed by atoms with E-state index in [0.717, 1.165) is 14.2 Å². The van der Waals surface area contributed by atoms with Crippen LogP contribution in [0, 0.1) is 0 Å². The van der Waals surface area contributed by atoms with Crippen LogP contribution in [0.15, 0.2) is 0 Å². The Morgan fingerprint density at radius 2 is 1.67 bits per heavy atom. The molecule has 0 aromatic heterocycles. The standard InChI is InChI=1S/C4H8F2O5S/c1-10-3(11-2)4(5,6)12(7,8)9/h3H,1-2H3,(H,7,8,9). The van der Waals surface area contributed by atoms with E-state index in [1.807, 2.05) is 0 Å². The molecule has 0 bridgehead atoms. The average Bonchev–Trinajstić information content (AvgIpc) is 1.87. The highest BCUT2D eigenvalue weighted by Crippen LogP contribution is 2.26. The molecule has 0 saturated carbocycles. The third kappa shape index (κ3) is 2.09. The molecular weight excluding hydrogens is 198 g/mol. The number of alkyl halides is 2. The van der Waals surface area contributed by atoms with Crippen LogP contribution in [0.5, 0.6) is 0 Å². The van der Waals surface area contributed by atoms with Gasteiger partial charge >= 0.3 is 15.4 Å². The smallest absolute Gasteiger partial charge is 0.350 e. The van der Waals surface area contributed by atoms with Crippen LogP contribution in [-0.2, 0) is 19.6 Å². The molecule has 0 atom stereocenters. The van der Waals surface area contributed by atoms with E-state index in [0.29, 0.717) is 0 Å². The van der Waals surface area contributed by atoms with Crippen LogP contribution >= 0.6 is 0 Å². The predicted molar refractivity (Wildman–Crippen MR) is 34.3 cm³/mol. The summed E-state index contributed by atoms with van der Waals surface area (Å²) < 4.78 is 61.1. The van der Waals surface area contributed by atoms with E-state index in [2.05, 4.69) is 9.47 Å². The molecule has 0 spiro atoms. The van der Waals surface area contributed by atoms with Crippen LogP contribution in [0.2, 0.25) is 0 Å². The van der Waals surface area contributed by atoms with Gasteiger partial charge < -0.3 is 9.47 Å². The molecule has 0 heterocycles. The van der Waals surface area contributed by atoms with Crippen molar-refractivity contribution in [2.24, 2.45) is 0 Å². The molecule has 0 amide bonds. The average molecular weight is 206 g/mol. The van der Waals surface area contributed by atoms with E-state index in [9.17, 15) is 17.2 Å². The van der Waals surface area contributed by atoms with Crippen molar-refractivity contribution in [2.75, 3.05) is 14.2 Å². The second-order valence-electron chi connectivity index (χ2n) is 1.84. The van der Waals surface area contributed by atoms with Crippen LogP contribution in [-0.4, -0.2) is 38.7 Å². The van der Waals surface area contributed by atoms with Gasteiger partial charge in [-0.3, -0.25) is 4.55 Å². The second kappa shape index (κ2) is 3.60. The first-order valence-corrected chi connectivity index (χ1v) is 4.11. The fraction of sp³-hybridized carbons (Fsp3) is 1.00. The SMILES string of the molecule is COC(OC)C(F)(F)S(=O)(=O)O. The normalized spacial score (nSPS) is 13.8. The van der Waals surface area contributed by atoms with E-state index in [-0.39, 0.29) is 0 Å². The topological polar surface area (TPSA) is 72.8 Å². The van der Waals surface area contributed by atoms with Crippen molar-refractivity contribution in [1.29, 1.82) is 0 Å². The van der Waals surface area contributed by atoms with Crippen molar-refractivity contribution in [1.82, 2.24) is 0 Å². The van der Waals surface area contributed by atoms with Crippen LogP contribution in [0.1, 0.15) is 0 Å². The summed E-state index contributed by atoms with van der Waals surface area (Å²) in [5.41, 5.74) is 0. The summed E-state index contributed by atoms with van der Waals surface area (Å²) in [5, 5.41) is -4.46. The maximum absolute atomic E-state index is 12.5. The van der Waals surface area contributed by atoms with Crippen molar-refractivity contribution in [3.63, 3.8) is 0 Å². The molecule has 0 aliphatic heterocycles. The fourth-order valence-electron chi connectivity index (χ4n) is 0.492. The number of halogens is 2. The van der Waals surface area contributed by atoms with Gasteiger partial charge in [-0.2, -0.15) is 17.2 Å². The van der Waals surface area contributed by atoms with Gasteiger partial charge in [0.1, 0.15) is 0 Å². The first-order valence-electron chi connectivity index (χ1n) is 2.67. The molecule has 5 nitrogen and oxygen atoms in total. The minimum Gasteiger partial charge on any atom is -0.350 e. The van der Waals surface area contributed by atoms with E-state index in [4.69, 9.17) is 4.55 Å². The monoisotopic (exact) mass is 206 g/mol. The van der Waals surface area contributed by atoms with E-state index in [1.165, 1.54) is 0 Å². The first kappa shape index (κ1) is 11.7. The Labute approximate surface area is 68.0 Å². The number of hydrogen-bond acceptors (Lipinski definition) is 4. The molecule has 12 heavy (non-hydrogen) atoms. The Bertz CT molecular complexity index is 232. The third-order valence-corrected chi connectivity index (χ3v) is 1.93. The summed E-state index contributed by atoms with van der Waals surface area (Å²) in [5.74, 6) is 0. The largest absolute Gasteiger partial charge is 0.419 e. The lowest BCUT2D eigenvalue weighted by Crippen LogP contribution is -2.43. The van der Waals surface area contributed by atoms with Crippen LogP contribution in [0.25, 0.3) is 0 Å². The fourth-order valence-corrected chi connectivity index (χ4v) is 0.928. The zero-order valence-corrected chi connectivity index (χ0v) is 7.14. The number of rotatable bonds is 4. The van der Waals surface area contributed by atoms with Gasteiger partial charge in [-0.15, -0.1) is 0 Å². The zero-order valence-electron chi connectivity index (χ0n) is 6.32. The highest BCUT2D eigenvalue weighted by atomic mass is 32.2. The van der Waals surface area contributed by atoms with Crippen LogP contribution in [0.3, 0.4) is 0 Å². The Kier molecular flexibility index (Phi) is 3.51. The Morgan fingerprint density at radius 3 is 1.75 bits per heavy atom. The first-order chi connectivity index (χ1) is 5.27. The van der Waals surface area contributed by atoms with Gasteiger partial charge in [0.05, 0.1) is 0 Å². The molecule has 8 heteroatoms. The van der Waals surface area contributed by atoms with Crippen molar-refractivity contribution < 1.29 is 31.2 Å². The third-order valence-electron chi connectivity index (χ3n) is 1.05. The van der Waals surface area contributed by atoms with Gasteiger partial charge in [0.15, 0.2) is 0 Å². The lowest BCUT2D eigenvalue weighted by molar-refractivity contribution is -0.199. The molecule has 0 rings (SSSR count). The predicted octanol–water partition coefficient (Wildman–Crippen LogP) is 0.0859. The second-order valence-corrected chi connectivity index (χ2v) is 3.33. The molecule has 0 aliphatic carbocycles. The molecule has 74 valence electrons. The summed E-state index contributed by atoms with van der Waals surface area (Å²) in [7, 11) is -3.86. The highest BCUT2D eigenvalue weighted by molar-refractivity contribution is 7.86. The lowest BCUT2D eigenvalue weighted by Gasteiger charge is -2.20. The van der Waals surface area contributed by atoms with Gasteiger partial charge in [0, 0.05) is 14.2 Å². The quantitative estimate of drug-likeness (QED) is 0.521. The summed E-state index contributed by atoms with van der Waals surface area (Å²) >= 11 is 0. The molecule has 0 aliphatic rings. The summed E-state index contributed by atoms with van der Waals surface area (Å²) in [6, 6.07) is 0. The van der Waals surface area contributed by atoms with Crippen molar-refractivity contribution in [2.45, 2.75) is 11.5 Å². The number of ether oxygens (including phenoxy) is 2. The summed E-state index contributed by atoms with van der Waals surface area (Å²) in [6.45, 7) is 0. The molecule has 0 radical (unpaired) electrons. The van der Waals surface area contributed by atoms with Gasteiger partial charge in [0.25, 0.3) is 0 Å². The molecule has 0 unspecified atom stereocenters. The maximum Gasteiger partial charge on any atom is 0.419 e. The molecule has 0 aromatic rings. The van der Waals surface area contributed by atoms with Gasteiger partial charge in [-0.25, -0.2) is 0 Å². The zero-order chi connectivity index (χ0) is 9.99. The molecule has 0 fully saturated rings. The van der Waals surface area contributed by atoms with Crippen molar-refractivity contribution in [3.8, 4) is 0 Å². The van der Waals surface area contributed by atoms with Gasteiger partial charge in [0.2, 0.25) is 6.29 Å². The van der Waals surface area contributed by atoms with E-state index >= 15 is 0 Å². The van der Waals surface area contributed by atoms with Crippen molar-refractivity contribution in [3.05, 3.63) is 0 Å². The Balaban J connectivity index is 4.83.